The molecular formula is C25H31N5O4. The van der Waals surface area contributed by atoms with Crippen LogP contribution in [-0.4, -0.2) is 82.4 Å². The average molecular weight is 466 g/mol. The molecule has 0 spiro atoms. The smallest absolute Gasteiger partial charge is 0.210 e. The Hall–Kier alpha value is -3.16. The van der Waals surface area contributed by atoms with Crippen LogP contribution in [0.5, 0.6) is 0 Å². The molecule has 1 aliphatic rings. The molecule has 1 fully saturated rings. The van der Waals surface area contributed by atoms with Crippen molar-refractivity contribution in [3.8, 4) is 11.8 Å². The van der Waals surface area contributed by atoms with Crippen LogP contribution in [0.25, 0.3) is 0 Å². The minimum absolute atomic E-state index is 0.368. The number of aliphatic hydroxyl groups is 2. The number of aromatic nitrogens is 3. The van der Waals surface area contributed by atoms with Crippen molar-refractivity contribution >= 4 is 5.69 Å². The Morgan fingerprint density at radius 1 is 1.12 bits per heavy atom. The van der Waals surface area contributed by atoms with Crippen molar-refractivity contribution in [2.24, 2.45) is 0 Å². The Labute approximate surface area is 199 Å². The van der Waals surface area contributed by atoms with Gasteiger partial charge in [0.25, 0.3) is 0 Å². The minimum atomic E-state index is -0.651. The van der Waals surface area contributed by atoms with E-state index < -0.39 is 12.2 Å². The zero-order valence-corrected chi connectivity index (χ0v) is 19.6. The van der Waals surface area contributed by atoms with E-state index in [1.165, 1.54) is 5.69 Å². The van der Waals surface area contributed by atoms with Crippen molar-refractivity contribution in [2.75, 3.05) is 51.3 Å². The molecule has 9 nitrogen and oxygen atoms in total. The number of nitrogens with zero attached hydrogens (tertiary/aromatic N) is 5. The molecule has 1 unspecified atom stereocenters. The zero-order valence-electron chi connectivity index (χ0n) is 19.6. The summed E-state index contributed by atoms with van der Waals surface area (Å²) in [6.45, 7) is 6.80. The highest BCUT2D eigenvalue weighted by molar-refractivity contribution is 5.51. The van der Waals surface area contributed by atoms with Crippen LogP contribution in [0, 0.1) is 11.8 Å². The van der Waals surface area contributed by atoms with Gasteiger partial charge in [-0.3, -0.25) is 4.90 Å². The lowest BCUT2D eigenvalue weighted by Crippen LogP contribution is -2.49. The molecule has 0 amide bonds. The summed E-state index contributed by atoms with van der Waals surface area (Å²) >= 11 is 0. The summed E-state index contributed by atoms with van der Waals surface area (Å²) in [5, 5.41) is 23.8. The summed E-state index contributed by atoms with van der Waals surface area (Å²) < 4.78 is 12.2. The minimum Gasteiger partial charge on any atom is -0.389 e. The number of hydrogen-bond donors (Lipinski definition) is 2. The molecule has 0 aliphatic carbocycles. The van der Waals surface area contributed by atoms with Crippen LogP contribution in [-0.2, 0) is 11.3 Å². The van der Waals surface area contributed by atoms with Gasteiger partial charge in [0, 0.05) is 69.5 Å². The van der Waals surface area contributed by atoms with E-state index in [4.69, 9.17) is 9.26 Å². The molecule has 3 heterocycles. The van der Waals surface area contributed by atoms with Crippen LogP contribution in [0.15, 0.2) is 47.2 Å². The second-order valence-electron chi connectivity index (χ2n) is 8.47. The number of β-amino-alcohol motifs (C(OH)–C–C–N with tert-alkyl or cyclic N) is 1. The van der Waals surface area contributed by atoms with Gasteiger partial charge < -0.3 is 28.9 Å². The Morgan fingerprint density at radius 3 is 2.59 bits per heavy atom. The van der Waals surface area contributed by atoms with E-state index in [9.17, 15) is 10.2 Å². The first kappa shape index (κ1) is 24.0. The standard InChI is InChI=1S/C25H31N5O4/c1-19(31)25-26-9-10-30(25)16-21-15-24(34-27-21)8-5-20-3-6-22(7-4-20)29-13-11-28(12-14-29)17-23(32)18-33-2/h3-4,6-7,9-10,15,19,23,31-32H,11-14,16-18H2,1-2H3/t19-,23?/m0/s1. The Kier molecular flexibility index (Phi) is 7.98. The maximum absolute atomic E-state index is 9.92. The van der Waals surface area contributed by atoms with E-state index in [0.29, 0.717) is 37.0 Å². The molecule has 180 valence electrons. The molecule has 2 atom stereocenters. The lowest BCUT2D eigenvalue weighted by molar-refractivity contribution is 0.0365. The number of methoxy groups -OCH3 is 1. The molecular weight excluding hydrogens is 434 g/mol. The van der Waals surface area contributed by atoms with Crippen LogP contribution in [0.4, 0.5) is 5.69 Å². The average Bonchev–Trinajstić information content (AvgIpc) is 3.49. The largest absolute Gasteiger partial charge is 0.389 e. The number of anilines is 1. The van der Waals surface area contributed by atoms with Crippen molar-refractivity contribution in [2.45, 2.75) is 25.7 Å². The number of benzene rings is 1. The number of ether oxygens (including phenoxy) is 1. The van der Waals surface area contributed by atoms with Gasteiger partial charge >= 0.3 is 0 Å². The van der Waals surface area contributed by atoms with E-state index >= 15 is 0 Å². The number of rotatable bonds is 8. The quantitative estimate of drug-likeness (QED) is 0.483. The molecule has 9 heteroatoms. The second kappa shape index (κ2) is 11.3. The zero-order chi connectivity index (χ0) is 23.9. The van der Waals surface area contributed by atoms with Gasteiger partial charge in [-0.1, -0.05) is 11.1 Å². The van der Waals surface area contributed by atoms with Crippen molar-refractivity contribution in [3.05, 3.63) is 65.6 Å². The van der Waals surface area contributed by atoms with Crippen LogP contribution in [0.2, 0.25) is 0 Å². The van der Waals surface area contributed by atoms with Crippen LogP contribution in [0.1, 0.15) is 35.9 Å². The molecule has 0 saturated carbocycles. The molecule has 1 saturated heterocycles. The Balaban J connectivity index is 1.30. The lowest BCUT2D eigenvalue weighted by Gasteiger charge is -2.36. The molecule has 2 N–H and O–H groups in total. The molecule has 0 bridgehead atoms. The van der Waals surface area contributed by atoms with Crippen LogP contribution >= 0.6 is 0 Å². The van der Waals surface area contributed by atoms with Gasteiger partial charge in [-0.15, -0.1) is 0 Å². The first-order valence-corrected chi connectivity index (χ1v) is 11.4. The summed E-state index contributed by atoms with van der Waals surface area (Å²) in [6.07, 6.45) is 2.36. The molecule has 0 radical (unpaired) electrons. The van der Waals surface area contributed by atoms with Gasteiger partial charge in [-0.2, -0.15) is 0 Å². The van der Waals surface area contributed by atoms with Crippen LogP contribution < -0.4 is 4.90 Å². The first-order chi connectivity index (χ1) is 16.5. The topological polar surface area (TPSA) is 100 Å². The monoisotopic (exact) mass is 465 g/mol. The fourth-order valence-corrected chi connectivity index (χ4v) is 4.06. The SMILES string of the molecule is COCC(O)CN1CCN(c2ccc(C#Cc3cc(Cn4ccnc4[C@H](C)O)no3)cc2)CC1. The fourth-order valence-electron chi connectivity index (χ4n) is 4.06. The third kappa shape index (κ3) is 6.24. The lowest BCUT2D eigenvalue weighted by atomic mass is 10.1. The van der Waals surface area contributed by atoms with Gasteiger partial charge in [0.2, 0.25) is 5.76 Å². The highest BCUT2D eigenvalue weighted by Crippen LogP contribution is 2.18. The second-order valence-corrected chi connectivity index (χ2v) is 8.47. The molecule has 3 aromatic rings. The van der Waals surface area contributed by atoms with Crippen molar-refractivity contribution < 1.29 is 19.5 Å². The van der Waals surface area contributed by atoms with E-state index in [1.807, 2.05) is 16.7 Å². The highest BCUT2D eigenvalue weighted by atomic mass is 16.5. The van der Waals surface area contributed by atoms with Gasteiger partial charge in [0.05, 0.1) is 19.3 Å². The third-order valence-electron chi connectivity index (χ3n) is 5.78. The summed E-state index contributed by atoms with van der Waals surface area (Å²) in [5.41, 5.74) is 2.78. The normalized spacial score (nSPS) is 16.2. The predicted molar refractivity (Wildman–Crippen MR) is 127 cm³/mol. The number of hydrogen-bond acceptors (Lipinski definition) is 8. The summed E-state index contributed by atoms with van der Waals surface area (Å²) in [5.74, 6) is 7.22. The molecule has 1 aromatic carbocycles. The van der Waals surface area contributed by atoms with E-state index in [0.717, 1.165) is 31.7 Å². The molecule has 34 heavy (non-hydrogen) atoms. The van der Waals surface area contributed by atoms with Crippen LogP contribution in [0.3, 0.4) is 0 Å². The maximum Gasteiger partial charge on any atom is 0.210 e. The first-order valence-electron chi connectivity index (χ1n) is 11.4. The maximum atomic E-state index is 9.92. The third-order valence-corrected chi connectivity index (χ3v) is 5.78. The van der Waals surface area contributed by atoms with E-state index in [1.54, 1.807) is 32.5 Å². The molecule has 4 rings (SSSR count). The van der Waals surface area contributed by atoms with Gasteiger partial charge in [0.15, 0.2) is 0 Å². The Bertz CT molecular complexity index is 1100. The number of aliphatic hydroxyl groups excluding tert-OH is 2. The molecule has 1 aliphatic heterocycles. The summed E-state index contributed by atoms with van der Waals surface area (Å²) in [4.78, 5) is 8.77. The van der Waals surface area contributed by atoms with Crippen molar-refractivity contribution in [3.63, 3.8) is 0 Å². The van der Waals surface area contributed by atoms with Crippen molar-refractivity contribution in [1.29, 1.82) is 0 Å². The fraction of sp³-hybridized carbons (Fsp3) is 0.440. The number of imidazole rings is 1. The Morgan fingerprint density at radius 2 is 1.88 bits per heavy atom. The summed E-state index contributed by atoms with van der Waals surface area (Å²) in [6, 6.07) is 9.99. The van der Waals surface area contributed by atoms with Gasteiger partial charge in [-0.05, 0) is 37.1 Å². The van der Waals surface area contributed by atoms with E-state index in [-0.39, 0.29) is 0 Å². The van der Waals surface area contributed by atoms with Gasteiger partial charge in [-0.25, -0.2) is 4.98 Å². The number of piperazine rings is 1. The van der Waals surface area contributed by atoms with Gasteiger partial charge in [0.1, 0.15) is 17.6 Å². The van der Waals surface area contributed by atoms with E-state index in [2.05, 4.69) is 43.9 Å². The molecule has 2 aromatic heterocycles. The van der Waals surface area contributed by atoms with Crippen molar-refractivity contribution in [1.82, 2.24) is 19.6 Å². The predicted octanol–water partition coefficient (Wildman–Crippen LogP) is 1.50. The summed E-state index contributed by atoms with van der Waals surface area (Å²) in [7, 11) is 1.61. The highest BCUT2D eigenvalue weighted by Gasteiger charge is 2.19.